The quantitative estimate of drug-likeness (QED) is 0.505. The Morgan fingerprint density at radius 3 is 2.92 bits per heavy atom. The summed E-state index contributed by atoms with van der Waals surface area (Å²) >= 11 is 8.20. The van der Waals surface area contributed by atoms with E-state index < -0.39 is 17.8 Å². The minimum atomic E-state index is -0.787. The number of benzene rings is 1. The second-order valence-corrected chi connectivity index (χ2v) is 6.59. The molecule has 1 amide bonds. The van der Waals surface area contributed by atoms with Crippen molar-refractivity contribution in [3.05, 3.63) is 58.6 Å². The monoisotopic (exact) mass is 437 g/mol. The van der Waals surface area contributed by atoms with Gasteiger partial charge in [-0.15, -0.1) is 0 Å². The number of oxime groups is 1. The average Bonchev–Trinajstić information content (AvgIpc) is 3.13. The highest BCUT2D eigenvalue weighted by atomic mass is 79.9. The molecule has 7 nitrogen and oxygen atoms in total. The third-order valence-corrected chi connectivity index (χ3v) is 4.13. The molecule has 1 aromatic heterocycles. The Morgan fingerprint density at radius 1 is 1.35 bits per heavy atom. The van der Waals surface area contributed by atoms with Crippen molar-refractivity contribution in [2.24, 2.45) is 5.16 Å². The lowest BCUT2D eigenvalue weighted by molar-refractivity contribution is -0.131. The summed E-state index contributed by atoms with van der Waals surface area (Å²) in [7, 11) is 0. The van der Waals surface area contributed by atoms with Gasteiger partial charge in [-0.2, -0.15) is 0 Å². The van der Waals surface area contributed by atoms with E-state index in [1.54, 1.807) is 24.5 Å². The van der Waals surface area contributed by atoms with Crippen LogP contribution in [0.3, 0.4) is 0 Å². The molecule has 134 valence electrons. The van der Waals surface area contributed by atoms with E-state index in [1.807, 2.05) is 6.07 Å². The Labute approximate surface area is 162 Å². The van der Waals surface area contributed by atoms with E-state index in [4.69, 9.17) is 17.1 Å². The number of carbonyl (C=O) groups is 1. The van der Waals surface area contributed by atoms with Gasteiger partial charge < -0.3 is 10.2 Å². The molecule has 3 rings (SSSR count). The van der Waals surface area contributed by atoms with Gasteiger partial charge in [-0.3, -0.25) is 20.6 Å². The number of nitrogens with one attached hydrogen (secondary N) is 3. The van der Waals surface area contributed by atoms with Crippen molar-refractivity contribution in [3.63, 3.8) is 0 Å². The van der Waals surface area contributed by atoms with Crippen LogP contribution in [0.2, 0.25) is 0 Å². The summed E-state index contributed by atoms with van der Waals surface area (Å²) < 4.78 is 14.4. The molecular formula is C16H13BrFN5O2S. The first-order valence-electron chi connectivity index (χ1n) is 7.48. The number of hydrazine groups is 1. The van der Waals surface area contributed by atoms with Crippen molar-refractivity contribution in [2.75, 3.05) is 5.32 Å². The summed E-state index contributed by atoms with van der Waals surface area (Å²) in [6.45, 7) is 0. The predicted octanol–water partition coefficient (Wildman–Crippen LogP) is 2.49. The first-order valence-corrected chi connectivity index (χ1v) is 8.68. The van der Waals surface area contributed by atoms with E-state index in [9.17, 15) is 9.18 Å². The molecule has 0 fully saturated rings. The fraction of sp³-hybridized carbons (Fsp3) is 0.125. The van der Waals surface area contributed by atoms with Crippen molar-refractivity contribution >= 4 is 50.6 Å². The summed E-state index contributed by atoms with van der Waals surface area (Å²) in [6.07, 6.45) is 2.81. The van der Waals surface area contributed by atoms with E-state index in [2.05, 4.69) is 42.2 Å². The van der Waals surface area contributed by atoms with Gasteiger partial charge in [-0.1, -0.05) is 21.1 Å². The molecule has 0 saturated carbocycles. The molecule has 0 radical (unpaired) electrons. The van der Waals surface area contributed by atoms with Gasteiger partial charge in [0, 0.05) is 28.9 Å². The van der Waals surface area contributed by atoms with E-state index in [1.165, 1.54) is 12.1 Å². The van der Waals surface area contributed by atoms with Crippen LogP contribution in [-0.4, -0.2) is 27.8 Å². The van der Waals surface area contributed by atoms with Crippen molar-refractivity contribution in [2.45, 2.75) is 12.5 Å². The number of anilines is 1. The Hall–Kier alpha value is -2.59. The highest BCUT2D eigenvalue weighted by Gasteiger charge is 2.29. The third kappa shape index (κ3) is 4.52. The van der Waals surface area contributed by atoms with Crippen molar-refractivity contribution in [3.8, 4) is 0 Å². The number of amides is 1. The summed E-state index contributed by atoms with van der Waals surface area (Å²) in [5, 5.41) is 6.59. The smallest absolute Gasteiger partial charge is 0.282 e. The molecule has 0 unspecified atom stereocenters. The Morgan fingerprint density at radius 2 is 2.19 bits per heavy atom. The lowest BCUT2D eigenvalue weighted by Crippen LogP contribution is -2.48. The Balaban J connectivity index is 1.48. The Kier molecular flexibility index (Phi) is 5.74. The molecule has 0 bridgehead atoms. The number of thiocarbonyl (C=S) groups is 1. The number of halogens is 2. The van der Waals surface area contributed by atoms with Gasteiger partial charge >= 0.3 is 0 Å². The fourth-order valence-electron chi connectivity index (χ4n) is 2.17. The van der Waals surface area contributed by atoms with E-state index in [0.717, 1.165) is 5.56 Å². The number of rotatable bonds is 3. The molecule has 1 aliphatic heterocycles. The maximum Gasteiger partial charge on any atom is 0.282 e. The first-order chi connectivity index (χ1) is 12.5. The topological polar surface area (TPSA) is 87.6 Å². The second kappa shape index (κ2) is 8.19. The molecule has 0 saturated heterocycles. The van der Waals surface area contributed by atoms with Crippen LogP contribution < -0.4 is 16.2 Å². The lowest BCUT2D eigenvalue weighted by atomic mass is 10.1. The number of carbonyl (C=O) groups excluding carboxylic acids is 1. The summed E-state index contributed by atoms with van der Waals surface area (Å²) in [6, 6.07) is 8.09. The molecule has 0 aliphatic carbocycles. The van der Waals surface area contributed by atoms with Crippen LogP contribution in [-0.2, 0) is 9.63 Å². The van der Waals surface area contributed by atoms with Crippen LogP contribution in [0.4, 0.5) is 10.1 Å². The standard InChI is InChI=1S/C16H13BrFN5O2S/c17-10-3-4-12(11(18)6-10)20-16(26)22-21-15(24)14-7-13(23-25-14)9-2-1-5-19-8-9/h1-6,8,14H,7H2,(H,21,24)(H2,20,22,26)/t14-/m0/s1. The molecule has 2 heterocycles. The van der Waals surface area contributed by atoms with Crippen molar-refractivity contribution in [1.29, 1.82) is 0 Å². The van der Waals surface area contributed by atoms with Gasteiger partial charge in [0.25, 0.3) is 5.91 Å². The second-order valence-electron chi connectivity index (χ2n) is 5.27. The minimum Gasteiger partial charge on any atom is -0.382 e. The normalized spacial score (nSPS) is 15.6. The van der Waals surface area contributed by atoms with Crippen LogP contribution in [0.25, 0.3) is 0 Å². The largest absolute Gasteiger partial charge is 0.382 e. The maximum atomic E-state index is 13.8. The predicted molar refractivity (Wildman–Crippen MR) is 102 cm³/mol. The van der Waals surface area contributed by atoms with Gasteiger partial charge in [0.15, 0.2) is 5.11 Å². The van der Waals surface area contributed by atoms with Crippen LogP contribution in [0.1, 0.15) is 12.0 Å². The molecule has 3 N–H and O–H groups in total. The zero-order chi connectivity index (χ0) is 18.5. The van der Waals surface area contributed by atoms with Crippen LogP contribution in [0.5, 0.6) is 0 Å². The fourth-order valence-corrected chi connectivity index (χ4v) is 2.66. The first kappa shape index (κ1) is 18.2. The molecule has 26 heavy (non-hydrogen) atoms. The Bertz CT molecular complexity index is 865. The molecule has 1 atom stereocenters. The average molecular weight is 438 g/mol. The van der Waals surface area contributed by atoms with Crippen LogP contribution in [0.15, 0.2) is 52.4 Å². The van der Waals surface area contributed by atoms with E-state index >= 15 is 0 Å². The summed E-state index contributed by atoms with van der Waals surface area (Å²) in [5.74, 6) is -0.934. The number of hydrogen-bond donors (Lipinski definition) is 3. The zero-order valence-electron chi connectivity index (χ0n) is 13.2. The number of aromatic nitrogens is 1. The molecular weight excluding hydrogens is 425 g/mol. The lowest BCUT2D eigenvalue weighted by Gasteiger charge is -2.14. The number of hydrogen-bond acceptors (Lipinski definition) is 5. The van der Waals surface area contributed by atoms with Crippen LogP contribution >= 0.6 is 28.1 Å². The van der Waals surface area contributed by atoms with Gasteiger partial charge in [0.05, 0.1) is 11.4 Å². The number of nitrogens with zero attached hydrogens (tertiary/aromatic N) is 2. The number of pyridine rings is 1. The minimum absolute atomic E-state index is 0.0333. The van der Waals surface area contributed by atoms with Gasteiger partial charge in [0.1, 0.15) is 5.82 Å². The van der Waals surface area contributed by atoms with Crippen molar-refractivity contribution in [1.82, 2.24) is 15.8 Å². The summed E-state index contributed by atoms with van der Waals surface area (Å²) in [4.78, 5) is 21.3. The highest BCUT2D eigenvalue weighted by Crippen LogP contribution is 2.19. The molecule has 10 heteroatoms. The maximum absolute atomic E-state index is 13.8. The molecule has 1 aliphatic rings. The van der Waals surface area contributed by atoms with Gasteiger partial charge in [0.2, 0.25) is 6.10 Å². The summed E-state index contributed by atoms with van der Waals surface area (Å²) in [5.41, 5.74) is 6.52. The zero-order valence-corrected chi connectivity index (χ0v) is 15.6. The molecule has 2 aromatic rings. The SMILES string of the molecule is O=C(NNC(=S)Nc1ccc(Br)cc1F)[C@@H]1CC(c2cccnc2)=NO1. The van der Waals surface area contributed by atoms with E-state index in [0.29, 0.717) is 16.6 Å². The molecule has 1 aromatic carbocycles. The third-order valence-electron chi connectivity index (χ3n) is 3.43. The molecule has 0 spiro atoms. The van der Waals surface area contributed by atoms with Gasteiger partial charge in [-0.25, -0.2) is 4.39 Å². The van der Waals surface area contributed by atoms with Crippen molar-refractivity contribution < 1.29 is 14.0 Å². The van der Waals surface area contributed by atoms with E-state index in [-0.39, 0.29) is 10.8 Å². The highest BCUT2D eigenvalue weighted by molar-refractivity contribution is 9.10. The van der Waals surface area contributed by atoms with Crippen LogP contribution in [0, 0.1) is 5.82 Å². The van der Waals surface area contributed by atoms with Gasteiger partial charge in [-0.05, 0) is 42.5 Å².